The van der Waals surface area contributed by atoms with Gasteiger partial charge in [0.2, 0.25) is 11.8 Å². The van der Waals surface area contributed by atoms with Crippen LogP contribution in [0.5, 0.6) is 0 Å². The van der Waals surface area contributed by atoms with Crippen LogP contribution in [0.2, 0.25) is 0 Å². The number of aliphatic hydroxyl groups is 1. The van der Waals surface area contributed by atoms with Crippen LogP contribution in [0.3, 0.4) is 0 Å². The quantitative estimate of drug-likeness (QED) is 0.142. The van der Waals surface area contributed by atoms with Crippen LogP contribution >= 0.6 is 0 Å². The van der Waals surface area contributed by atoms with E-state index >= 15 is 0 Å². The fourth-order valence-electron chi connectivity index (χ4n) is 4.25. The average Bonchev–Trinajstić information content (AvgIpc) is 3.03. The lowest BCUT2D eigenvalue weighted by atomic mass is 9.98. The number of carbonyl (C=O) groups excluding carboxylic acids is 4. The van der Waals surface area contributed by atoms with Crippen LogP contribution in [0.15, 0.2) is 72.8 Å². The number of esters is 1. The van der Waals surface area contributed by atoms with E-state index in [4.69, 9.17) is 24.1 Å². The van der Waals surface area contributed by atoms with Crippen LogP contribution < -0.4 is 16.0 Å². The standard InChI is InChI=1S/C32H41N3O9/c36-16-18-41-17-15-33-29(37)19-26-13-7-8-14-28(35-32(40)44-21-25-11-5-2-6-12-25)31(39)43-23-27(34-30(26)38)22-42-20-24-9-3-1-4-10-24/h1-12,26-28,36H,13-23H2,(H,33,37)(H,34,38)(H,35,40)/t26-,27+,28-/m1/s1. The van der Waals surface area contributed by atoms with Crippen LogP contribution in [0, 0.1) is 5.92 Å². The van der Waals surface area contributed by atoms with Crippen LogP contribution in [-0.2, 0) is 46.5 Å². The number of hydrogen-bond donors (Lipinski definition) is 4. The molecule has 0 saturated carbocycles. The van der Waals surface area contributed by atoms with Crippen LogP contribution in [-0.4, -0.2) is 80.6 Å². The highest BCUT2D eigenvalue weighted by atomic mass is 16.6. The lowest BCUT2D eigenvalue weighted by Crippen LogP contribution is -2.47. The van der Waals surface area contributed by atoms with E-state index in [1.807, 2.05) is 60.7 Å². The first-order valence-corrected chi connectivity index (χ1v) is 14.6. The molecule has 3 amide bonds. The maximum atomic E-state index is 13.3. The number of alkyl carbamates (subject to hydrolysis) is 1. The first-order valence-electron chi connectivity index (χ1n) is 14.6. The van der Waals surface area contributed by atoms with E-state index in [9.17, 15) is 19.2 Å². The van der Waals surface area contributed by atoms with Gasteiger partial charge in [-0.2, -0.15) is 0 Å². The highest BCUT2D eigenvalue weighted by Crippen LogP contribution is 2.14. The zero-order valence-electron chi connectivity index (χ0n) is 24.7. The molecule has 44 heavy (non-hydrogen) atoms. The zero-order chi connectivity index (χ0) is 31.4. The fraction of sp³-hybridized carbons (Fsp3) is 0.438. The van der Waals surface area contributed by atoms with Gasteiger partial charge in [-0.3, -0.25) is 9.59 Å². The van der Waals surface area contributed by atoms with Crippen LogP contribution in [0.4, 0.5) is 4.79 Å². The molecular formula is C32H41N3O9. The van der Waals surface area contributed by atoms with Gasteiger partial charge >= 0.3 is 12.1 Å². The van der Waals surface area contributed by atoms with Crippen molar-refractivity contribution >= 4 is 23.9 Å². The molecule has 0 aromatic heterocycles. The second-order valence-corrected chi connectivity index (χ2v) is 10.1. The van der Waals surface area contributed by atoms with E-state index in [0.29, 0.717) is 0 Å². The Balaban J connectivity index is 1.65. The van der Waals surface area contributed by atoms with E-state index < -0.39 is 30.1 Å². The fourth-order valence-corrected chi connectivity index (χ4v) is 4.25. The number of hydrogen-bond acceptors (Lipinski definition) is 9. The molecule has 2 aromatic carbocycles. The van der Waals surface area contributed by atoms with Crippen molar-refractivity contribution in [1.29, 1.82) is 0 Å². The monoisotopic (exact) mass is 611 g/mol. The number of ether oxygens (including phenoxy) is 4. The Kier molecular flexibility index (Phi) is 15.4. The number of rotatable bonds is 14. The molecule has 0 unspecified atom stereocenters. The predicted molar refractivity (Wildman–Crippen MR) is 160 cm³/mol. The third-order valence-electron chi connectivity index (χ3n) is 6.56. The second-order valence-electron chi connectivity index (χ2n) is 10.1. The van der Waals surface area contributed by atoms with E-state index in [-0.39, 0.29) is 83.9 Å². The number of aliphatic hydroxyl groups excluding tert-OH is 1. The molecular weight excluding hydrogens is 570 g/mol. The topological polar surface area (TPSA) is 162 Å². The molecule has 0 aliphatic carbocycles. The van der Waals surface area contributed by atoms with Gasteiger partial charge in [-0.05, 0) is 24.0 Å². The Morgan fingerprint density at radius 2 is 1.59 bits per heavy atom. The first-order chi connectivity index (χ1) is 21.4. The molecule has 12 nitrogen and oxygen atoms in total. The average molecular weight is 612 g/mol. The second kappa shape index (κ2) is 19.8. The maximum absolute atomic E-state index is 13.3. The summed E-state index contributed by atoms with van der Waals surface area (Å²) in [6.07, 6.45) is 2.81. The van der Waals surface area contributed by atoms with Crippen molar-refractivity contribution in [1.82, 2.24) is 16.0 Å². The highest BCUT2D eigenvalue weighted by Gasteiger charge is 2.27. The van der Waals surface area contributed by atoms with Crippen molar-refractivity contribution in [3.05, 3.63) is 83.9 Å². The molecule has 238 valence electrons. The number of benzene rings is 2. The van der Waals surface area contributed by atoms with Gasteiger partial charge in [0.25, 0.3) is 0 Å². The van der Waals surface area contributed by atoms with Gasteiger partial charge in [-0.25, -0.2) is 9.59 Å². The summed E-state index contributed by atoms with van der Waals surface area (Å²) in [5, 5.41) is 16.9. The largest absolute Gasteiger partial charge is 0.462 e. The summed E-state index contributed by atoms with van der Waals surface area (Å²) in [7, 11) is 0. The molecule has 3 atom stereocenters. The molecule has 1 heterocycles. The first kappa shape index (κ1) is 34.2. The Bertz CT molecular complexity index is 1190. The van der Waals surface area contributed by atoms with Gasteiger partial charge in [0.05, 0.1) is 45.0 Å². The molecule has 3 rings (SSSR count). The van der Waals surface area contributed by atoms with Gasteiger partial charge in [-0.15, -0.1) is 0 Å². The summed E-state index contributed by atoms with van der Waals surface area (Å²) in [5.41, 5.74) is 1.73. The van der Waals surface area contributed by atoms with E-state index in [0.717, 1.165) is 11.1 Å². The number of amides is 3. The minimum atomic E-state index is -1.03. The van der Waals surface area contributed by atoms with Gasteiger partial charge in [0, 0.05) is 13.0 Å². The SMILES string of the molecule is O=C(C[C@H]1CC=CC[C@@H](NC(=O)OCc2ccccc2)C(=O)OC[C@H](COCc2ccccc2)NC1=O)NCCOCCO. The normalized spacial score (nSPS) is 19.1. The van der Waals surface area contributed by atoms with Gasteiger partial charge in [0.1, 0.15) is 19.3 Å². The van der Waals surface area contributed by atoms with E-state index in [1.165, 1.54) is 0 Å². The number of nitrogens with one attached hydrogen (secondary N) is 3. The van der Waals surface area contributed by atoms with Gasteiger partial charge in [-0.1, -0.05) is 72.8 Å². The minimum Gasteiger partial charge on any atom is -0.462 e. The zero-order valence-corrected chi connectivity index (χ0v) is 24.7. The van der Waals surface area contributed by atoms with Crippen LogP contribution in [0.25, 0.3) is 0 Å². The summed E-state index contributed by atoms with van der Waals surface area (Å²) < 4.78 is 21.7. The van der Waals surface area contributed by atoms with Crippen molar-refractivity contribution in [3.8, 4) is 0 Å². The molecule has 2 aromatic rings. The molecule has 1 aliphatic heterocycles. The smallest absolute Gasteiger partial charge is 0.408 e. The Labute approximate surface area is 257 Å². The van der Waals surface area contributed by atoms with Crippen molar-refractivity contribution in [2.24, 2.45) is 5.92 Å². The van der Waals surface area contributed by atoms with Crippen molar-refractivity contribution < 1.29 is 43.2 Å². The van der Waals surface area contributed by atoms with Crippen molar-refractivity contribution in [2.45, 2.75) is 44.6 Å². The lowest BCUT2D eigenvalue weighted by molar-refractivity contribution is -0.148. The lowest BCUT2D eigenvalue weighted by Gasteiger charge is -2.24. The molecule has 0 radical (unpaired) electrons. The summed E-state index contributed by atoms with van der Waals surface area (Å²) in [5.74, 6) is -2.11. The third kappa shape index (κ3) is 13.4. The molecule has 0 saturated heterocycles. The number of cyclic esters (lactones) is 1. The highest BCUT2D eigenvalue weighted by molar-refractivity contribution is 5.86. The third-order valence-corrected chi connectivity index (χ3v) is 6.56. The van der Waals surface area contributed by atoms with Crippen molar-refractivity contribution in [2.75, 3.05) is 39.6 Å². The van der Waals surface area contributed by atoms with E-state index in [1.54, 1.807) is 12.2 Å². The Morgan fingerprint density at radius 3 is 2.30 bits per heavy atom. The number of carbonyl (C=O) groups is 4. The Hall–Kier alpha value is -4.26. The van der Waals surface area contributed by atoms with Gasteiger partial charge in [0.15, 0.2) is 0 Å². The summed E-state index contributed by atoms with van der Waals surface area (Å²) in [6, 6.07) is 16.9. The molecule has 0 fully saturated rings. The summed E-state index contributed by atoms with van der Waals surface area (Å²) in [6.45, 7) is 0.688. The summed E-state index contributed by atoms with van der Waals surface area (Å²) in [4.78, 5) is 51.3. The summed E-state index contributed by atoms with van der Waals surface area (Å²) >= 11 is 0. The molecule has 4 N–H and O–H groups in total. The number of allylic oxidation sites excluding steroid dienone is 1. The molecule has 0 spiro atoms. The Morgan fingerprint density at radius 1 is 0.909 bits per heavy atom. The van der Waals surface area contributed by atoms with Crippen LogP contribution in [0.1, 0.15) is 30.4 Å². The van der Waals surface area contributed by atoms with Crippen molar-refractivity contribution in [3.63, 3.8) is 0 Å². The van der Waals surface area contributed by atoms with Gasteiger partial charge < -0.3 is 40.0 Å². The van der Waals surface area contributed by atoms with E-state index in [2.05, 4.69) is 16.0 Å². The predicted octanol–water partition coefficient (Wildman–Crippen LogP) is 2.01. The minimum absolute atomic E-state index is 0.0362. The maximum Gasteiger partial charge on any atom is 0.408 e. The molecule has 1 aliphatic rings. The molecule has 12 heteroatoms. The molecule has 0 bridgehead atoms.